The second kappa shape index (κ2) is 9.91. The highest BCUT2D eigenvalue weighted by Gasteiger charge is 2.59. The summed E-state index contributed by atoms with van der Waals surface area (Å²) in [5.41, 5.74) is -0.355. The van der Waals surface area contributed by atoms with Crippen LogP contribution in [-0.4, -0.2) is 43.4 Å². The number of benzene rings is 2. The topological polar surface area (TPSA) is 54.0 Å². The van der Waals surface area contributed by atoms with Crippen LogP contribution in [0.2, 0.25) is 0 Å². The zero-order valence-corrected chi connectivity index (χ0v) is 16.1. The fourth-order valence-corrected chi connectivity index (χ4v) is 3.32. The van der Waals surface area contributed by atoms with E-state index >= 15 is 0 Å². The van der Waals surface area contributed by atoms with Crippen LogP contribution in [0.15, 0.2) is 60.7 Å². The number of carbonyl (C=O) groups is 1. The van der Waals surface area contributed by atoms with Crippen molar-refractivity contribution in [2.45, 2.75) is 44.4 Å². The quantitative estimate of drug-likeness (QED) is 0.594. The highest BCUT2D eigenvalue weighted by atomic mass is 19.3. The molecule has 2 aromatic carbocycles. The van der Waals surface area contributed by atoms with Crippen molar-refractivity contribution in [3.8, 4) is 0 Å². The molecule has 2 aromatic rings. The molecule has 1 aliphatic rings. The van der Waals surface area contributed by atoms with Crippen LogP contribution in [-0.2, 0) is 37.0 Å². The Balaban J connectivity index is 1.74. The molecule has 3 unspecified atom stereocenters. The number of ether oxygens (including phenoxy) is 4. The standard InChI is InChI=1S/C22H24F2O5/c1-16(25)29-19-14-28-22(21(23)24,15-26-12-17-8-4-2-5-9-17)20(19)27-13-18-10-6-3-7-11-18/h2-11,19-21H,12-15H2,1H3. The molecule has 0 aromatic heterocycles. The smallest absolute Gasteiger partial charge is 0.303 e. The van der Waals surface area contributed by atoms with E-state index in [0.29, 0.717) is 0 Å². The zero-order valence-electron chi connectivity index (χ0n) is 16.1. The van der Waals surface area contributed by atoms with E-state index in [2.05, 4.69) is 0 Å². The van der Waals surface area contributed by atoms with Crippen molar-refractivity contribution in [3.05, 3.63) is 71.8 Å². The van der Waals surface area contributed by atoms with Crippen LogP contribution in [0.4, 0.5) is 8.78 Å². The van der Waals surface area contributed by atoms with Crippen molar-refractivity contribution in [1.29, 1.82) is 0 Å². The van der Waals surface area contributed by atoms with Gasteiger partial charge in [-0.15, -0.1) is 0 Å². The number of halogens is 2. The summed E-state index contributed by atoms with van der Waals surface area (Å²) in [5, 5.41) is 0. The third kappa shape index (κ3) is 5.38. The predicted octanol–water partition coefficient (Wildman–Crippen LogP) is 3.75. The molecule has 0 amide bonds. The fraction of sp³-hybridized carbons (Fsp3) is 0.409. The van der Waals surface area contributed by atoms with Crippen molar-refractivity contribution >= 4 is 5.97 Å². The number of alkyl halides is 2. The summed E-state index contributed by atoms with van der Waals surface area (Å²) in [5.74, 6) is -0.581. The molecule has 0 spiro atoms. The average molecular weight is 406 g/mol. The molecule has 3 atom stereocenters. The van der Waals surface area contributed by atoms with Crippen LogP contribution in [0.25, 0.3) is 0 Å². The van der Waals surface area contributed by atoms with Crippen molar-refractivity contribution < 1.29 is 32.5 Å². The molecule has 29 heavy (non-hydrogen) atoms. The van der Waals surface area contributed by atoms with Crippen LogP contribution >= 0.6 is 0 Å². The molecule has 0 saturated carbocycles. The lowest BCUT2D eigenvalue weighted by Crippen LogP contribution is -2.54. The maximum absolute atomic E-state index is 14.2. The van der Waals surface area contributed by atoms with E-state index in [-0.39, 0.29) is 19.8 Å². The summed E-state index contributed by atoms with van der Waals surface area (Å²) in [6, 6.07) is 18.4. The van der Waals surface area contributed by atoms with E-state index in [1.54, 1.807) is 0 Å². The Bertz CT molecular complexity index is 771. The minimum atomic E-state index is -2.89. The van der Waals surface area contributed by atoms with Crippen molar-refractivity contribution in [2.75, 3.05) is 13.2 Å². The van der Waals surface area contributed by atoms with E-state index in [0.717, 1.165) is 11.1 Å². The maximum atomic E-state index is 14.2. The molecule has 7 heteroatoms. The van der Waals surface area contributed by atoms with Gasteiger partial charge in [-0.05, 0) is 11.1 Å². The minimum absolute atomic E-state index is 0.0831. The first-order chi connectivity index (χ1) is 14.0. The summed E-state index contributed by atoms with van der Waals surface area (Å²) in [4.78, 5) is 11.4. The summed E-state index contributed by atoms with van der Waals surface area (Å²) >= 11 is 0. The fourth-order valence-electron chi connectivity index (χ4n) is 3.32. The van der Waals surface area contributed by atoms with Gasteiger partial charge in [-0.25, -0.2) is 8.78 Å². The van der Waals surface area contributed by atoms with Gasteiger partial charge >= 0.3 is 5.97 Å². The van der Waals surface area contributed by atoms with Gasteiger partial charge in [0.05, 0.1) is 26.4 Å². The molecule has 1 aliphatic heterocycles. The number of hydrogen-bond donors (Lipinski definition) is 0. The van der Waals surface area contributed by atoms with Gasteiger partial charge in [0, 0.05) is 6.92 Å². The highest BCUT2D eigenvalue weighted by Crippen LogP contribution is 2.37. The lowest BCUT2D eigenvalue weighted by Gasteiger charge is -2.34. The zero-order chi connectivity index (χ0) is 20.7. The molecule has 0 bridgehead atoms. The van der Waals surface area contributed by atoms with Crippen LogP contribution in [0.3, 0.4) is 0 Å². The average Bonchev–Trinajstić information content (AvgIpc) is 3.06. The van der Waals surface area contributed by atoms with Crippen LogP contribution < -0.4 is 0 Å². The van der Waals surface area contributed by atoms with Gasteiger partial charge in [0.15, 0.2) is 11.7 Å². The largest absolute Gasteiger partial charge is 0.457 e. The number of rotatable bonds is 9. The molecule has 3 rings (SSSR count). The molecule has 1 heterocycles. The molecular weight excluding hydrogens is 382 g/mol. The molecule has 1 saturated heterocycles. The Labute approximate surface area is 168 Å². The number of esters is 1. The van der Waals surface area contributed by atoms with Gasteiger partial charge in [-0.2, -0.15) is 0 Å². The van der Waals surface area contributed by atoms with Crippen molar-refractivity contribution in [3.63, 3.8) is 0 Å². The Kier molecular flexibility index (Phi) is 7.30. The van der Waals surface area contributed by atoms with Crippen LogP contribution in [0.1, 0.15) is 18.1 Å². The third-order valence-electron chi connectivity index (χ3n) is 4.73. The van der Waals surface area contributed by atoms with E-state index in [1.165, 1.54) is 6.92 Å². The molecule has 0 N–H and O–H groups in total. The first-order valence-corrected chi connectivity index (χ1v) is 9.38. The predicted molar refractivity (Wildman–Crippen MR) is 101 cm³/mol. The normalized spacial score (nSPS) is 24.0. The number of carbonyl (C=O) groups excluding carboxylic acids is 1. The van der Waals surface area contributed by atoms with Crippen LogP contribution in [0.5, 0.6) is 0 Å². The molecule has 0 aliphatic carbocycles. The third-order valence-corrected chi connectivity index (χ3v) is 4.73. The van der Waals surface area contributed by atoms with Gasteiger partial charge < -0.3 is 18.9 Å². The van der Waals surface area contributed by atoms with Gasteiger partial charge in [-0.3, -0.25) is 4.79 Å². The Hall–Kier alpha value is -2.35. The van der Waals surface area contributed by atoms with Crippen molar-refractivity contribution in [1.82, 2.24) is 0 Å². The Morgan fingerprint density at radius 2 is 1.66 bits per heavy atom. The van der Waals surface area contributed by atoms with Gasteiger partial charge in [0.25, 0.3) is 6.43 Å². The van der Waals surface area contributed by atoms with E-state index < -0.39 is 36.8 Å². The second-order valence-corrected chi connectivity index (χ2v) is 6.91. The van der Waals surface area contributed by atoms with E-state index in [4.69, 9.17) is 18.9 Å². The molecule has 156 valence electrons. The Morgan fingerprint density at radius 1 is 1.07 bits per heavy atom. The van der Waals surface area contributed by atoms with Crippen LogP contribution in [0, 0.1) is 0 Å². The van der Waals surface area contributed by atoms with Gasteiger partial charge in [-0.1, -0.05) is 60.7 Å². The Morgan fingerprint density at radius 3 is 2.21 bits per heavy atom. The molecule has 5 nitrogen and oxygen atoms in total. The van der Waals surface area contributed by atoms with Gasteiger partial charge in [0.1, 0.15) is 6.10 Å². The minimum Gasteiger partial charge on any atom is -0.457 e. The number of hydrogen-bond acceptors (Lipinski definition) is 5. The molecule has 1 fully saturated rings. The lowest BCUT2D eigenvalue weighted by molar-refractivity contribution is -0.202. The van der Waals surface area contributed by atoms with Gasteiger partial charge in [0.2, 0.25) is 0 Å². The second-order valence-electron chi connectivity index (χ2n) is 6.91. The summed E-state index contributed by atoms with van der Waals surface area (Å²) in [6.07, 6.45) is -4.99. The monoisotopic (exact) mass is 406 g/mol. The first kappa shape index (κ1) is 21.4. The summed E-state index contributed by atoms with van der Waals surface area (Å²) < 4.78 is 50.4. The molecular formula is C22H24F2O5. The molecule has 0 radical (unpaired) electrons. The summed E-state index contributed by atoms with van der Waals surface area (Å²) in [7, 11) is 0. The first-order valence-electron chi connectivity index (χ1n) is 9.38. The van der Waals surface area contributed by atoms with Crippen molar-refractivity contribution in [2.24, 2.45) is 0 Å². The lowest BCUT2D eigenvalue weighted by atomic mass is 9.96. The summed E-state index contributed by atoms with van der Waals surface area (Å²) in [6.45, 7) is 0.888. The highest BCUT2D eigenvalue weighted by molar-refractivity contribution is 5.66. The SMILES string of the molecule is CC(=O)OC1COC(COCc2ccccc2)(C(F)F)C1OCc1ccccc1. The van der Waals surface area contributed by atoms with E-state index in [1.807, 2.05) is 60.7 Å². The maximum Gasteiger partial charge on any atom is 0.303 e. The van der Waals surface area contributed by atoms with E-state index in [9.17, 15) is 13.6 Å².